The summed E-state index contributed by atoms with van der Waals surface area (Å²) in [6.07, 6.45) is 15.8. The van der Waals surface area contributed by atoms with Crippen LogP contribution in [0, 0.1) is 12.3 Å². The van der Waals surface area contributed by atoms with Crippen molar-refractivity contribution in [3.05, 3.63) is 47.6 Å². The molecule has 1 aromatic heterocycles. The van der Waals surface area contributed by atoms with Crippen LogP contribution in [0.5, 0.6) is 5.75 Å². The summed E-state index contributed by atoms with van der Waals surface area (Å²) in [5.74, 6) is 2.10. The van der Waals surface area contributed by atoms with Gasteiger partial charge < -0.3 is 4.74 Å². The van der Waals surface area contributed by atoms with E-state index in [4.69, 9.17) is 16.3 Å². The molecule has 0 saturated heterocycles. The van der Waals surface area contributed by atoms with E-state index in [0.29, 0.717) is 16.8 Å². The van der Waals surface area contributed by atoms with Gasteiger partial charge in [-0.05, 0) is 74.6 Å². The highest BCUT2D eigenvalue weighted by atomic mass is 35.5. The summed E-state index contributed by atoms with van der Waals surface area (Å²) in [5.41, 5.74) is 2.12. The number of aryl methyl sites for hydroxylation is 1. The van der Waals surface area contributed by atoms with Crippen LogP contribution in [0.3, 0.4) is 0 Å². The van der Waals surface area contributed by atoms with Crippen molar-refractivity contribution in [3.63, 3.8) is 0 Å². The van der Waals surface area contributed by atoms with Crippen LogP contribution in [0.2, 0.25) is 5.02 Å². The molecule has 0 bridgehead atoms. The molecular formula is C22H28ClN2O. The number of aromatic nitrogens is 2. The first-order chi connectivity index (χ1) is 12.8. The van der Waals surface area contributed by atoms with Crippen molar-refractivity contribution in [1.29, 1.82) is 0 Å². The number of ether oxygens (including phenoxy) is 1. The van der Waals surface area contributed by atoms with Crippen molar-refractivity contribution in [1.82, 2.24) is 9.97 Å². The van der Waals surface area contributed by atoms with Gasteiger partial charge in [-0.25, -0.2) is 9.97 Å². The zero-order chi connectivity index (χ0) is 18.2. The first kappa shape index (κ1) is 19.2. The molecule has 4 heteroatoms. The molecule has 1 fully saturated rings. The molecule has 1 radical (unpaired) electrons. The van der Waals surface area contributed by atoms with Crippen molar-refractivity contribution in [2.75, 3.05) is 6.61 Å². The number of nitrogens with zero attached hydrogens (tertiary/aromatic N) is 2. The minimum atomic E-state index is 0.625. The molecule has 139 valence electrons. The summed E-state index contributed by atoms with van der Waals surface area (Å²) in [6.45, 7) is 2.96. The average molecular weight is 372 g/mol. The minimum Gasteiger partial charge on any atom is -0.492 e. The Morgan fingerprint density at radius 2 is 1.88 bits per heavy atom. The predicted molar refractivity (Wildman–Crippen MR) is 107 cm³/mol. The van der Waals surface area contributed by atoms with E-state index in [0.717, 1.165) is 24.3 Å². The Kier molecular flexibility index (Phi) is 7.31. The van der Waals surface area contributed by atoms with Gasteiger partial charge in [-0.2, -0.15) is 0 Å². The molecule has 0 N–H and O–H groups in total. The third-order valence-electron chi connectivity index (χ3n) is 5.00. The molecule has 2 aromatic rings. The van der Waals surface area contributed by atoms with Gasteiger partial charge in [0.2, 0.25) is 0 Å². The van der Waals surface area contributed by atoms with E-state index >= 15 is 0 Å². The van der Waals surface area contributed by atoms with Gasteiger partial charge in [0.25, 0.3) is 0 Å². The fourth-order valence-electron chi connectivity index (χ4n) is 3.34. The Balaban J connectivity index is 1.59. The lowest BCUT2D eigenvalue weighted by molar-refractivity contribution is 0.221. The minimum absolute atomic E-state index is 0.625. The molecule has 1 aliphatic rings. The Bertz CT molecular complexity index is 681. The van der Waals surface area contributed by atoms with Crippen LogP contribution in [0.15, 0.2) is 30.6 Å². The average Bonchev–Trinajstić information content (AvgIpc) is 2.68. The molecule has 0 aliphatic heterocycles. The van der Waals surface area contributed by atoms with E-state index in [2.05, 4.69) is 23.3 Å². The van der Waals surface area contributed by atoms with Gasteiger partial charge in [0.15, 0.2) is 5.82 Å². The van der Waals surface area contributed by atoms with Crippen molar-refractivity contribution in [2.45, 2.75) is 58.3 Å². The molecule has 1 aliphatic carbocycles. The number of benzene rings is 1. The number of unbranched alkanes of at least 4 members (excludes halogenated alkanes) is 2. The van der Waals surface area contributed by atoms with Gasteiger partial charge in [-0.1, -0.05) is 31.4 Å². The van der Waals surface area contributed by atoms with Gasteiger partial charge in [0, 0.05) is 18.0 Å². The Hall–Kier alpha value is -1.61. The molecule has 1 aromatic carbocycles. The van der Waals surface area contributed by atoms with E-state index in [1.54, 1.807) is 0 Å². The third-order valence-corrected chi connectivity index (χ3v) is 5.29. The van der Waals surface area contributed by atoms with Crippen LogP contribution in [-0.4, -0.2) is 16.6 Å². The molecule has 1 heterocycles. The van der Waals surface area contributed by atoms with E-state index in [-0.39, 0.29) is 0 Å². The topological polar surface area (TPSA) is 35.0 Å². The SMILES string of the molecule is CCCCCc1cnc(-c2ccc(OCC3CC[CH]CC3)c(Cl)c2)nc1. The van der Waals surface area contributed by atoms with Gasteiger partial charge in [0.1, 0.15) is 5.75 Å². The first-order valence-corrected chi connectivity index (χ1v) is 10.2. The Morgan fingerprint density at radius 1 is 1.12 bits per heavy atom. The molecular weight excluding hydrogens is 344 g/mol. The molecule has 0 spiro atoms. The number of hydrogen-bond acceptors (Lipinski definition) is 3. The fourth-order valence-corrected chi connectivity index (χ4v) is 3.57. The maximum absolute atomic E-state index is 6.43. The van der Waals surface area contributed by atoms with E-state index < -0.39 is 0 Å². The second-order valence-corrected chi connectivity index (χ2v) is 7.54. The quantitative estimate of drug-likeness (QED) is 0.510. The largest absolute Gasteiger partial charge is 0.492 e. The summed E-state index contributed by atoms with van der Waals surface area (Å²) in [5, 5.41) is 0.625. The van der Waals surface area contributed by atoms with Crippen LogP contribution in [0.4, 0.5) is 0 Å². The van der Waals surface area contributed by atoms with Crippen molar-refractivity contribution < 1.29 is 4.74 Å². The second kappa shape index (κ2) is 9.91. The maximum atomic E-state index is 6.43. The van der Waals surface area contributed by atoms with Gasteiger partial charge in [-0.15, -0.1) is 0 Å². The lowest BCUT2D eigenvalue weighted by atomic mass is 9.90. The highest BCUT2D eigenvalue weighted by molar-refractivity contribution is 6.32. The highest BCUT2D eigenvalue weighted by Gasteiger charge is 2.15. The molecule has 3 nitrogen and oxygen atoms in total. The molecule has 3 rings (SSSR count). The van der Waals surface area contributed by atoms with Crippen molar-refractivity contribution >= 4 is 11.6 Å². The summed E-state index contributed by atoms with van der Waals surface area (Å²) < 4.78 is 5.95. The Labute approximate surface area is 162 Å². The number of rotatable bonds is 8. The standard InChI is InChI=1S/C22H28ClN2O/c1-2-3-5-10-18-14-24-22(25-15-18)19-11-12-21(20(23)13-19)26-16-17-8-6-4-7-9-17/h4,11-15,17H,2-3,5-10,16H2,1H3. The molecule has 26 heavy (non-hydrogen) atoms. The predicted octanol–water partition coefficient (Wildman–Crippen LogP) is 6.30. The number of hydrogen-bond donors (Lipinski definition) is 0. The lowest BCUT2D eigenvalue weighted by Gasteiger charge is -2.21. The molecule has 0 atom stereocenters. The van der Waals surface area contributed by atoms with Crippen LogP contribution >= 0.6 is 11.6 Å². The molecule has 0 amide bonds. The molecule has 0 unspecified atom stereocenters. The van der Waals surface area contributed by atoms with Crippen LogP contribution < -0.4 is 4.74 Å². The van der Waals surface area contributed by atoms with E-state index in [9.17, 15) is 0 Å². The van der Waals surface area contributed by atoms with Crippen molar-refractivity contribution in [2.24, 2.45) is 5.92 Å². The smallest absolute Gasteiger partial charge is 0.159 e. The van der Waals surface area contributed by atoms with Crippen molar-refractivity contribution in [3.8, 4) is 17.1 Å². The van der Waals surface area contributed by atoms with Gasteiger partial charge in [0.05, 0.1) is 11.6 Å². The van der Waals surface area contributed by atoms with Crippen LogP contribution in [-0.2, 0) is 6.42 Å². The van der Waals surface area contributed by atoms with Gasteiger partial charge >= 0.3 is 0 Å². The third kappa shape index (κ3) is 5.44. The van der Waals surface area contributed by atoms with E-state index in [1.807, 2.05) is 30.6 Å². The summed E-state index contributed by atoms with van der Waals surface area (Å²) in [7, 11) is 0. The first-order valence-electron chi connectivity index (χ1n) is 9.81. The Morgan fingerprint density at radius 3 is 2.58 bits per heavy atom. The summed E-state index contributed by atoms with van der Waals surface area (Å²) in [6, 6.07) is 5.82. The zero-order valence-corrected chi connectivity index (χ0v) is 16.3. The monoisotopic (exact) mass is 371 g/mol. The zero-order valence-electron chi connectivity index (χ0n) is 15.6. The van der Waals surface area contributed by atoms with Gasteiger partial charge in [-0.3, -0.25) is 0 Å². The normalized spacial score (nSPS) is 15.2. The second-order valence-electron chi connectivity index (χ2n) is 7.14. The number of halogens is 1. The fraction of sp³-hybridized carbons (Fsp3) is 0.500. The summed E-state index contributed by atoms with van der Waals surface area (Å²) >= 11 is 6.43. The van der Waals surface area contributed by atoms with E-state index in [1.165, 1.54) is 50.5 Å². The molecule has 1 saturated carbocycles. The van der Waals surface area contributed by atoms with Crippen LogP contribution in [0.1, 0.15) is 57.4 Å². The summed E-state index contributed by atoms with van der Waals surface area (Å²) in [4.78, 5) is 9.01. The lowest BCUT2D eigenvalue weighted by Crippen LogP contribution is -2.15. The van der Waals surface area contributed by atoms with Crippen LogP contribution in [0.25, 0.3) is 11.4 Å². The maximum Gasteiger partial charge on any atom is 0.159 e. The highest BCUT2D eigenvalue weighted by Crippen LogP contribution is 2.31.